The summed E-state index contributed by atoms with van der Waals surface area (Å²) in [5, 5.41) is 4.54. The largest absolute Gasteiger partial charge is 0.493 e. The topological polar surface area (TPSA) is 82.4 Å². The van der Waals surface area contributed by atoms with Gasteiger partial charge in [0.15, 0.2) is 11.5 Å². The monoisotopic (exact) mass is 459 g/mol. The van der Waals surface area contributed by atoms with E-state index in [4.69, 9.17) is 4.74 Å². The van der Waals surface area contributed by atoms with Crippen molar-refractivity contribution in [2.45, 2.75) is 47.3 Å². The molecule has 0 fully saturated rings. The summed E-state index contributed by atoms with van der Waals surface area (Å²) >= 11 is 0. The van der Waals surface area contributed by atoms with E-state index in [0.717, 1.165) is 33.9 Å². The lowest BCUT2D eigenvalue weighted by atomic mass is 10.1. The van der Waals surface area contributed by atoms with Crippen molar-refractivity contribution in [3.8, 4) is 17.4 Å². The van der Waals surface area contributed by atoms with Crippen molar-refractivity contribution in [2.24, 2.45) is 0 Å². The second-order valence-corrected chi connectivity index (χ2v) is 7.80. The quantitative estimate of drug-likeness (QED) is 0.511. The normalized spacial score (nSPS) is 11.1. The average Bonchev–Trinajstić information content (AvgIpc) is 3.02. The molecule has 10 heteroatoms. The molecule has 0 spiro atoms. The summed E-state index contributed by atoms with van der Waals surface area (Å²) in [5.74, 6) is 0.472. The second kappa shape index (κ2) is 9.93. The zero-order chi connectivity index (χ0) is 24.3. The van der Waals surface area contributed by atoms with E-state index in [9.17, 15) is 13.6 Å². The number of amides is 1. The summed E-state index contributed by atoms with van der Waals surface area (Å²) in [6.45, 7) is 4.85. The van der Waals surface area contributed by atoms with Crippen LogP contribution in [0.1, 0.15) is 33.9 Å². The number of hydrogen-bond donors (Lipinski definition) is 0. The predicted molar refractivity (Wildman–Crippen MR) is 118 cm³/mol. The van der Waals surface area contributed by atoms with Crippen LogP contribution in [-0.4, -0.2) is 51.3 Å². The van der Waals surface area contributed by atoms with Gasteiger partial charge in [0.1, 0.15) is 0 Å². The number of benzene rings is 1. The molecule has 2 heterocycles. The predicted octanol–water partition coefficient (Wildman–Crippen LogP) is 3.71. The molecule has 0 aliphatic rings. The zero-order valence-corrected chi connectivity index (χ0v) is 19.5. The number of hydrogen-bond acceptors (Lipinski definition) is 6. The fourth-order valence-electron chi connectivity index (χ4n) is 3.58. The maximum atomic E-state index is 12.9. The lowest BCUT2D eigenvalue weighted by Crippen LogP contribution is -2.28. The van der Waals surface area contributed by atoms with Crippen molar-refractivity contribution in [2.75, 3.05) is 14.2 Å². The van der Waals surface area contributed by atoms with Crippen molar-refractivity contribution in [3.63, 3.8) is 0 Å². The van der Waals surface area contributed by atoms with Gasteiger partial charge in [-0.25, -0.2) is 14.6 Å². The summed E-state index contributed by atoms with van der Waals surface area (Å²) in [4.78, 5) is 23.4. The van der Waals surface area contributed by atoms with Crippen LogP contribution < -0.4 is 9.47 Å². The van der Waals surface area contributed by atoms with Gasteiger partial charge in [-0.1, -0.05) is 6.07 Å². The average molecular weight is 459 g/mol. The highest BCUT2D eigenvalue weighted by Crippen LogP contribution is 2.30. The number of aryl methyl sites for hydroxylation is 3. The second-order valence-electron chi connectivity index (χ2n) is 7.80. The molecule has 1 amide bonds. The van der Waals surface area contributed by atoms with E-state index < -0.39 is 6.61 Å². The van der Waals surface area contributed by atoms with Gasteiger partial charge < -0.3 is 14.4 Å². The van der Waals surface area contributed by atoms with Crippen LogP contribution in [0.25, 0.3) is 5.95 Å². The van der Waals surface area contributed by atoms with Crippen molar-refractivity contribution in [3.05, 3.63) is 58.2 Å². The first-order chi connectivity index (χ1) is 15.6. The molecule has 0 bridgehead atoms. The Morgan fingerprint density at radius 1 is 1.09 bits per heavy atom. The van der Waals surface area contributed by atoms with Crippen LogP contribution >= 0.6 is 0 Å². The number of carbonyl (C=O) groups excluding carboxylic acids is 1. The fraction of sp³-hybridized carbons (Fsp3) is 0.391. The van der Waals surface area contributed by atoms with Crippen LogP contribution in [0, 0.1) is 27.7 Å². The Kier molecular flexibility index (Phi) is 7.25. The molecule has 1 aromatic carbocycles. The third kappa shape index (κ3) is 5.63. The van der Waals surface area contributed by atoms with Gasteiger partial charge in [-0.2, -0.15) is 13.9 Å². The van der Waals surface area contributed by atoms with Crippen molar-refractivity contribution in [1.82, 2.24) is 24.6 Å². The first kappa shape index (κ1) is 24.1. The van der Waals surface area contributed by atoms with E-state index in [-0.39, 0.29) is 30.4 Å². The number of alkyl halides is 2. The van der Waals surface area contributed by atoms with Gasteiger partial charge in [0, 0.05) is 36.2 Å². The molecule has 3 rings (SSSR count). The number of nitrogens with zero attached hydrogens (tertiary/aromatic N) is 5. The number of aromatic nitrogens is 4. The highest BCUT2D eigenvalue weighted by molar-refractivity contribution is 5.79. The van der Waals surface area contributed by atoms with Crippen molar-refractivity contribution in [1.29, 1.82) is 0 Å². The smallest absolute Gasteiger partial charge is 0.387 e. The van der Waals surface area contributed by atoms with Crippen LogP contribution in [0.3, 0.4) is 0 Å². The number of likely N-dealkylation sites (N-methyl/N-ethyl adjacent to an activating group) is 1. The zero-order valence-electron chi connectivity index (χ0n) is 19.5. The van der Waals surface area contributed by atoms with E-state index >= 15 is 0 Å². The lowest BCUT2D eigenvalue weighted by Gasteiger charge is -2.19. The third-order valence-electron chi connectivity index (χ3n) is 5.22. The van der Waals surface area contributed by atoms with E-state index in [1.807, 2.05) is 33.8 Å². The first-order valence-corrected chi connectivity index (χ1v) is 10.3. The Morgan fingerprint density at radius 2 is 1.76 bits per heavy atom. The standard InChI is InChI=1S/C23H27F2N5O3/c1-13-9-14(2)27-23(26-13)30-16(4)18(15(3)28-30)11-21(31)29(5)12-17-7-8-19(33-22(24)25)20(10-17)32-6/h7-10,22H,11-12H2,1-6H3. The Labute approximate surface area is 191 Å². The highest BCUT2D eigenvalue weighted by Gasteiger charge is 2.20. The van der Waals surface area contributed by atoms with Gasteiger partial charge in [0.2, 0.25) is 5.91 Å². The number of ether oxygens (including phenoxy) is 2. The number of methoxy groups -OCH3 is 1. The molecular formula is C23H27F2N5O3. The Bertz CT molecular complexity index is 1140. The molecule has 0 aliphatic carbocycles. The summed E-state index contributed by atoms with van der Waals surface area (Å²) in [5.41, 5.74) is 4.73. The molecule has 0 saturated heterocycles. The van der Waals surface area contributed by atoms with Crippen molar-refractivity contribution >= 4 is 5.91 Å². The summed E-state index contributed by atoms with van der Waals surface area (Å²) < 4.78 is 36.3. The number of rotatable bonds is 8. The van der Waals surface area contributed by atoms with Crippen LogP contribution in [-0.2, 0) is 17.8 Å². The molecule has 2 aromatic heterocycles. The molecule has 0 unspecified atom stereocenters. The summed E-state index contributed by atoms with van der Waals surface area (Å²) in [7, 11) is 3.05. The minimum absolute atomic E-state index is 0.0579. The Morgan fingerprint density at radius 3 is 2.36 bits per heavy atom. The molecule has 33 heavy (non-hydrogen) atoms. The number of halogens is 2. The fourth-order valence-corrected chi connectivity index (χ4v) is 3.58. The molecule has 176 valence electrons. The minimum atomic E-state index is -2.95. The van der Waals surface area contributed by atoms with Crippen LogP contribution in [0.15, 0.2) is 24.3 Å². The Balaban J connectivity index is 1.76. The van der Waals surface area contributed by atoms with Gasteiger partial charge >= 0.3 is 6.61 Å². The maximum absolute atomic E-state index is 12.9. The van der Waals surface area contributed by atoms with Gasteiger partial charge in [-0.3, -0.25) is 4.79 Å². The molecule has 0 radical (unpaired) electrons. The SMILES string of the molecule is COc1cc(CN(C)C(=O)Cc2c(C)nn(-c3nc(C)cc(C)n3)c2C)ccc1OC(F)F. The minimum Gasteiger partial charge on any atom is -0.493 e. The van der Waals surface area contributed by atoms with Crippen LogP contribution in [0.2, 0.25) is 0 Å². The summed E-state index contributed by atoms with van der Waals surface area (Å²) in [6.07, 6.45) is 0.155. The Hall–Kier alpha value is -3.56. The van der Waals surface area contributed by atoms with Crippen molar-refractivity contribution < 1.29 is 23.0 Å². The van der Waals surface area contributed by atoms with Gasteiger partial charge in [0.05, 0.1) is 19.2 Å². The van der Waals surface area contributed by atoms with Gasteiger partial charge in [0.25, 0.3) is 5.95 Å². The van der Waals surface area contributed by atoms with E-state index in [2.05, 4.69) is 19.8 Å². The van der Waals surface area contributed by atoms with E-state index in [1.165, 1.54) is 13.2 Å². The lowest BCUT2D eigenvalue weighted by molar-refractivity contribution is -0.129. The third-order valence-corrected chi connectivity index (χ3v) is 5.22. The molecule has 8 nitrogen and oxygen atoms in total. The van der Waals surface area contributed by atoms with E-state index in [0.29, 0.717) is 5.95 Å². The van der Waals surface area contributed by atoms with Gasteiger partial charge in [-0.05, 0) is 51.5 Å². The number of carbonyl (C=O) groups is 1. The van der Waals surface area contributed by atoms with E-state index in [1.54, 1.807) is 28.8 Å². The molecule has 0 N–H and O–H groups in total. The van der Waals surface area contributed by atoms with Crippen LogP contribution in [0.4, 0.5) is 8.78 Å². The highest BCUT2D eigenvalue weighted by atomic mass is 19.3. The molecule has 0 atom stereocenters. The molecule has 0 aliphatic heterocycles. The molecule has 0 saturated carbocycles. The first-order valence-electron chi connectivity index (χ1n) is 10.3. The molecule has 3 aromatic rings. The van der Waals surface area contributed by atoms with Crippen LogP contribution in [0.5, 0.6) is 11.5 Å². The van der Waals surface area contributed by atoms with Gasteiger partial charge in [-0.15, -0.1) is 0 Å². The maximum Gasteiger partial charge on any atom is 0.387 e. The molecular weight excluding hydrogens is 432 g/mol. The summed E-state index contributed by atoms with van der Waals surface area (Å²) in [6, 6.07) is 6.49.